The van der Waals surface area contributed by atoms with Crippen LogP contribution in [-0.2, 0) is 0 Å². The summed E-state index contributed by atoms with van der Waals surface area (Å²) < 4.78 is 7.36. The number of carbonyl (C=O) groups is 1. The van der Waals surface area contributed by atoms with Crippen LogP contribution in [0.15, 0.2) is 35.1 Å². The largest absolute Gasteiger partial charge is 0.463 e. The molecule has 1 fully saturated rings. The summed E-state index contributed by atoms with van der Waals surface area (Å²) in [5.41, 5.74) is 7.83. The lowest BCUT2D eigenvalue weighted by molar-refractivity contribution is 0.0909. The number of amides is 1. The number of furan rings is 1. The summed E-state index contributed by atoms with van der Waals surface area (Å²) in [6.45, 7) is 4.68. The third-order valence-electron chi connectivity index (χ3n) is 5.60. The lowest BCUT2D eigenvalue weighted by Gasteiger charge is -2.31. The molecule has 3 aromatic rings. The Hall–Kier alpha value is -2.09. The van der Waals surface area contributed by atoms with Gasteiger partial charge >= 0.3 is 0 Å². The van der Waals surface area contributed by atoms with Crippen LogP contribution in [0, 0.1) is 5.92 Å². The average Bonchev–Trinajstić information content (AvgIpc) is 3.37. The zero-order valence-electron chi connectivity index (χ0n) is 17.2. The van der Waals surface area contributed by atoms with E-state index >= 15 is 0 Å². The van der Waals surface area contributed by atoms with Crippen LogP contribution in [-0.4, -0.2) is 33.3 Å². The minimum absolute atomic E-state index is 0. The summed E-state index contributed by atoms with van der Waals surface area (Å²) in [5, 5.41) is 8.44. The second-order valence-corrected chi connectivity index (χ2v) is 7.81. The first kappa shape index (κ1) is 24.2. The molecule has 0 bridgehead atoms. The van der Waals surface area contributed by atoms with E-state index in [9.17, 15) is 4.79 Å². The van der Waals surface area contributed by atoms with E-state index < -0.39 is 0 Å². The average molecular weight is 454 g/mol. The Balaban J connectivity index is 0.00000160. The number of hydrogen-bond donors (Lipinski definition) is 2. The third kappa shape index (κ3) is 4.63. The zero-order chi connectivity index (χ0) is 19.7. The lowest BCUT2D eigenvalue weighted by atomic mass is 9.84. The lowest BCUT2D eigenvalue weighted by Crippen LogP contribution is -2.44. The van der Waals surface area contributed by atoms with Crippen LogP contribution in [0.3, 0.4) is 0 Å². The standard InChI is InChI=1S/C21H27N5O2.2ClH/c1-13(2)26-20-16(12-23-26)15(10-18(24-20)19-8-5-9-28-19)21(27)25-17-7-4-3-6-14(17)11-22;;/h5,8-10,12-14,17H,3-4,6-7,11,22H2,1-2H3,(H,25,27);2*1H. The first-order valence-electron chi connectivity index (χ1n) is 10.0. The molecule has 1 saturated carbocycles. The van der Waals surface area contributed by atoms with Crippen LogP contribution in [0.2, 0.25) is 0 Å². The molecule has 30 heavy (non-hydrogen) atoms. The summed E-state index contributed by atoms with van der Waals surface area (Å²) in [6.07, 6.45) is 7.67. The van der Waals surface area contributed by atoms with Gasteiger partial charge in [-0.15, -0.1) is 24.8 Å². The third-order valence-corrected chi connectivity index (χ3v) is 5.60. The Morgan fingerprint density at radius 2 is 2.10 bits per heavy atom. The minimum atomic E-state index is -0.103. The van der Waals surface area contributed by atoms with E-state index in [1.165, 1.54) is 6.42 Å². The van der Waals surface area contributed by atoms with Crippen molar-refractivity contribution in [3.8, 4) is 11.5 Å². The van der Waals surface area contributed by atoms with E-state index in [2.05, 4.69) is 10.4 Å². The summed E-state index contributed by atoms with van der Waals surface area (Å²) in [5.74, 6) is 0.858. The second-order valence-electron chi connectivity index (χ2n) is 7.81. The van der Waals surface area contributed by atoms with Gasteiger partial charge in [0.1, 0.15) is 5.69 Å². The van der Waals surface area contributed by atoms with Crippen molar-refractivity contribution in [3.63, 3.8) is 0 Å². The Labute approximate surface area is 188 Å². The topological polar surface area (TPSA) is 99.0 Å². The molecular formula is C21H29Cl2N5O2. The molecule has 3 aromatic heterocycles. The molecule has 2 unspecified atom stereocenters. The molecule has 7 nitrogen and oxygen atoms in total. The first-order chi connectivity index (χ1) is 13.6. The number of fused-ring (bicyclic) bond motifs is 1. The fourth-order valence-electron chi connectivity index (χ4n) is 4.06. The summed E-state index contributed by atoms with van der Waals surface area (Å²) >= 11 is 0. The minimum Gasteiger partial charge on any atom is -0.463 e. The second kappa shape index (κ2) is 10.3. The van der Waals surface area contributed by atoms with Crippen molar-refractivity contribution in [2.45, 2.75) is 51.6 Å². The van der Waals surface area contributed by atoms with E-state index in [0.29, 0.717) is 35.1 Å². The monoisotopic (exact) mass is 453 g/mol. The van der Waals surface area contributed by atoms with Gasteiger partial charge in [0.2, 0.25) is 0 Å². The molecule has 4 rings (SSSR count). The molecule has 1 aliphatic rings. The molecule has 2 atom stereocenters. The quantitative estimate of drug-likeness (QED) is 0.597. The van der Waals surface area contributed by atoms with Crippen molar-refractivity contribution in [2.75, 3.05) is 6.54 Å². The number of carbonyl (C=O) groups excluding carboxylic acids is 1. The van der Waals surface area contributed by atoms with Gasteiger partial charge in [-0.1, -0.05) is 12.8 Å². The normalized spacial score (nSPS) is 18.7. The number of rotatable bonds is 5. The molecule has 0 aliphatic heterocycles. The van der Waals surface area contributed by atoms with E-state index in [1.54, 1.807) is 18.5 Å². The molecule has 3 N–H and O–H groups in total. The zero-order valence-corrected chi connectivity index (χ0v) is 18.8. The highest BCUT2D eigenvalue weighted by atomic mass is 35.5. The Morgan fingerprint density at radius 3 is 2.77 bits per heavy atom. The SMILES string of the molecule is CC(C)n1ncc2c(C(=O)NC3CCCCC3CN)cc(-c3ccco3)nc21.Cl.Cl. The number of aromatic nitrogens is 3. The number of nitrogens with two attached hydrogens (primary N) is 1. The van der Waals surface area contributed by atoms with Crippen LogP contribution in [0.1, 0.15) is 55.9 Å². The molecular weight excluding hydrogens is 425 g/mol. The smallest absolute Gasteiger partial charge is 0.252 e. The predicted octanol–water partition coefficient (Wildman–Crippen LogP) is 4.36. The van der Waals surface area contributed by atoms with E-state index in [4.69, 9.17) is 15.1 Å². The molecule has 164 valence electrons. The maximum Gasteiger partial charge on any atom is 0.252 e. The van der Waals surface area contributed by atoms with Gasteiger partial charge in [0, 0.05) is 12.1 Å². The summed E-state index contributed by atoms with van der Waals surface area (Å²) in [6, 6.07) is 5.70. The van der Waals surface area contributed by atoms with Crippen molar-refractivity contribution < 1.29 is 9.21 Å². The van der Waals surface area contributed by atoms with Crippen LogP contribution >= 0.6 is 24.8 Å². The van der Waals surface area contributed by atoms with Gasteiger partial charge in [0.05, 0.1) is 23.4 Å². The Bertz CT molecular complexity index is 971. The van der Waals surface area contributed by atoms with Gasteiger partial charge in [-0.25, -0.2) is 9.67 Å². The molecule has 9 heteroatoms. The van der Waals surface area contributed by atoms with Crippen LogP contribution in [0.4, 0.5) is 0 Å². The van der Waals surface area contributed by atoms with Crippen molar-refractivity contribution >= 4 is 41.8 Å². The van der Waals surface area contributed by atoms with Crippen molar-refractivity contribution in [1.82, 2.24) is 20.1 Å². The molecule has 0 aromatic carbocycles. The maximum atomic E-state index is 13.2. The van der Waals surface area contributed by atoms with Gasteiger partial charge in [-0.2, -0.15) is 5.10 Å². The van der Waals surface area contributed by atoms with Crippen LogP contribution in [0.5, 0.6) is 0 Å². The number of pyridine rings is 1. The van der Waals surface area contributed by atoms with Gasteiger partial charge in [-0.05, 0) is 57.4 Å². The van der Waals surface area contributed by atoms with E-state index in [0.717, 1.165) is 24.6 Å². The Morgan fingerprint density at radius 1 is 1.33 bits per heavy atom. The fourth-order valence-corrected chi connectivity index (χ4v) is 4.06. The molecule has 1 amide bonds. The first-order valence-corrected chi connectivity index (χ1v) is 10.0. The van der Waals surface area contributed by atoms with Gasteiger partial charge in [0.15, 0.2) is 11.4 Å². The van der Waals surface area contributed by atoms with Crippen molar-refractivity contribution in [2.24, 2.45) is 11.7 Å². The van der Waals surface area contributed by atoms with Gasteiger partial charge in [0.25, 0.3) is 5.91 Å². The molecule has 3 heterocycles. The maximum absolute atomic E-state index is 13.2. The molecule has 0 radical (unpaired) electrons. The number of halogens is 2. The number of nitrogens with one attached hydrogen (secondary N) is 1. The van der Waals surface area contributed by atoms with Crippen LogP contribution < -0.4 is 11.1 Å². The highest BCUT2D eigenvalue weighted by molar-refractivity contribution is 6.06. The highest BCUT2D eigenvalue weighted by Crippen LogP contribution is 2.28. The highest BCUT2D eigenvalue weighted by Gasteiger charge is 2.27. The van der Waals surface area contributed by atoms with E-state index in [1.807, 2.05) is 30.7 Å². The summed E-state index contributed by atoms with van der Waals surface area (Å²) in [7, 11) is 0. The fraction of sp³-hybridized carbons (Fsp3) is 0.476. The Kier molecular flexibility index (Phi) is 8.29. The van der Waals surface area contributed by atoms with Crippen LogP contribution in [0.25, 0.3) is 22.5 Å². The predicted molar refractivity (Wildman–Crippen MR) is 122 cm³/mol. The van der Waals surface area contributed by atoms with Crippen molar-refractivity contribution in [3.05, 3.63) is 36.2 Å². The molecule has 0 spiro atoms. The van der Waals surface area contributed by atoms with Crippen molar-refractivity contribution in [1.29, 1.82) is 0 Å². The van der Waals surface area contributed by atoms with E-state index in [-0.39, 0.29) is 42.8 Å². The van der Waals surface area contributed by atoms with Gasteiger partial charge < -0.3 is 15.5 Å². The molecule has 1 aliphatic carbocycles. The number of hydrogen-bond acceptors (Lipinski definition) is 5. The number of nitrogens with zero attached hydrogens (tertiary/aromatic N) is 3. The summed E-state index contributed by atoms with van der Waals surface area (Å²) in [4.78, 5) is 18.0. The molecule has 0 saturated heterocycles. The van der Waals surface area contributed by atoms with Gasteiger partial charge in [-0.3, -0.25) is 4.79 Å².